The zero-order chi connectivity index (χ0) is 12.5. The summed E-state index contributed by atoms with van der Waals surface area (Å²) in [6, 6.07) is 0. The van der Waals surface area contributed by atoms with Crippen LogP contribution in [0.15, 0.2) is 12.4 Å². The van der Waals surface area contributed by atoms with Crippen molar-refractivity contribution in [2.75, 3.05) is 19.6 Å². The van der Waals surface area contributed by atoms with Gasteiger partial charge < -0.3 is 4.90 Å². The van der Waals surface area contributed by atoms with Crippen molar-refractivity contribution in [1.82, 2.24) is 25.1 Å². The van der Waals surface area contributed by atoms with Gasteiger partial charge in [-0.05, 0) is 18.9 Å². The van der Waals surface area contributed by atoms with E-state index in [1.165, 1.54) is 19.5 Å². The SMILES string of the molecule is CC(C)CN1CC[C@H](c2[nH]nc3nccnc23)C1. The fraction of sp³-hybridized carbons (Fsp3) is 0.615. The molecule has 0 aliphatic carbocycles. The van der Waals surface area contributed by atoms with Crippen molar-refractivity contribution in [3.8, 4) is 0 Å². The van der Waals surface area contributed by atoms with Gasteiger partial charge in [-0.3, -0.25) is 5.10 Å². The second-order valence-electron chi connectivity index (χ2n) is 5.50. The Balaban J connectivity index is 1.80. The van der Waals surface area contributed by atoms with Crippen molar-refractivity contribution >= 4 is 11.2 Å². The van der Waals surface area contributed by atoms with Gasteiger partial charge in [0.15, 0.2) is 5.65 Å². The van der Waals surface area contributed by atoms with E-state index in [1.54, 1.807) is 12.4 Å². The molecule has 1 fully saturated rings. The van der Waals surface area contributed by atoms with E-state index in [0.717, 1.165) is 29.3 Å². The Morgan fingerprint density at radius 3 is 3.06 bits per heavy atom. The summed E-state index contributed by atoms with van der Waals surface area (Å²) in [4.78, 5) is 11.1. The molecule has 5 nitrogen and oxygen atoms in total. The number of nitrogens with zero attached hydrogens (tertiary/aromatic N) is 4. The van der Waals surface area contributed by atoms with E-state index in [-0.39, 0.29) is 0 Å². The molecule has 5 heteroatoms. The molecule has 0 unspecified atom stereocenters. The Kier molecular flexibility index (Phi) is 2.99. The second-order valence-corrected chi connectivity index (χ2v) is 5.50. The van der Waals surface area contributed by atoms with Crippen LogP contribution >= 0.6 is 0 Å². The van der Waals surface area contributed by atoms with Gasteiger partial charge in [0, 0.05) is 31.4 Å². The highest BCUT2D eigenvalue weighted by atomic mass is 15.2. The van der Waals surface area contributed by atoms with Gasteiger partial charge in [0.1, 0.15) is 5.52 Å². The molecule has 0 bridgehead atoms. The summed E-state index contributed by atoms with van der Waals surface area (Å²) in [5.41, 5.74) is 2.83. The summed E-state index contributed by atoms with van der Waals surface area (Å²) in [6.45, 7) is 7.98. The van der Waals surface area contributed by atoms with Crippen LogP contribution in [0.25, 0.3) is 11.2 Å². The smallest absolute Gasteiger partial charge is 0.199 e. The van der Waals surface area contributed by atoms with Crippen LogP contribution in [0.2, 0.25) is 0 Å². The van der Waals surface area contributed by atoms with E-state index in [1.807, 2.05) is 0 Å². The fourth-order valence-corrected chi connectivity index (χ4v) is 2.80. The number of aromatic amines is 1. The van der Waals surface area contributed by atoms with Gasteiger partial charge in [-0.25, -0.2) is 9.97 Å². The van der Waals surface area contributed by atoms with Crippen LogP contribution in [0.1, 0.15) is 31.9 Å². The molecule has 0 saturated carbocycles. The third-order valence-corrected chi connectivity index (χ3v) is 3.52. The quantitative estimate of drug-likeness (QED) is 0.895. The van der Waals surface area contributed by atoms with Crippen LogP contribution in [-0.2, 0) is 0 Å². The molecule has 1 saturated heterocycles. The first-order valence-corrected chi connectivity index (χ1v) is 6.61. The normalized spacial score (nSPS) is 21.2. The highest BCUT2D eigenvalue weighted by Gasteiger charge is 2.27. The molecule has 2 aromatic heterocycles. The zero-order valence-corrected chi connectivity index (χ0v) is 10.9. The number of aromatic nitrogens is 4. The number of rotatable bonds is 3. The van der Waals surface area contributed by atoms with E-state index in [0.29, 0.717) is 5.92 Å². The summed E-state index contributed by atoms with van der Waals surface area (Å²) < 4.78 is 0. The highest BCUT2D eigenvalue weighted by molar-refractivity contribution is 5.72. The van der Waals surface area contributed by atoms with Crippen LogP contribution in [0.3, 0.4) is 0 Å². The molecule has 1 aliphatic heterocycles. The molecule has 18 heavy (non-hydrogen) atoms. The van der Waals surface area contributed by atoms with Crippen LogP contribution in [-0.4, -0.2) is 44.7 Å². The number of nitrogens with one attached hydrogen (secondary N) is 1. The van der Waals surface area contributed by atoms with Crippen molar-refractivity contribution in [1.29, 1.82) is 0 Å². The minimum atomic E-state index is 0.519. The van der Waals surface area contributed by atoms with Gasteiger partial charge in [0.25, 0.3) is 0 Å². The molecule has 3 heterocycles. The second kappa shape index (κ2) is 4.65. The number of hydrogen-bond acceptors (Lipinski definition) is 4. The lowest BCUT2D eigenvalue weighted by molar-refractivity contribution is 0.294. The van der Waals surface area contributed by atoms with Crippen molar-refractivity contribution < 1.29 is 0 Å². The molecule has 0 aromatic carbocycles. The predicted octanol–water partition coefficient (Wildman–Crippen LogP) is 1.80. The lowest BCUT2D eigenvalue weighted by atomic mass is 10.0. The molecule has 1 aliphatic rings. The standard InChI is InChI=1S/C13H19N5/c1-9(2)7-18-6-3-10(8-18)11-12-13(17-16-11)15-5-4-14-12/h4-5,9-10H,3,6-8H2,1-2H3,(H,15,16,17)/t10-/m0/s1. The molecular formula is C13H19N5. The lowest BCUT2D eigenvalue weighted by Crippen LogP contribution is -2.25. The largest absolute Gasteiger partial charge is 0.302 e. The van der Waals surface area contributed by atoms with Gasteiger partial charge in [0.05, 0.1) is 5.69 Å². The third kappa shape index (κ3) is 2.10. The van der Waals surface area contributed by atoms with Crippen molar-refractivity contribution in [2.24, 2.45) is 5.92 Å². The van der Waals surface area contributed by atoms with E-state index in [4.69, 9.17) is 0 Å². The molecule has 96 valence electrons. The van der Waals surface area contributed by atoms with Crippen LogP contribution in [0.5, 0.6) is 0 Å². The Morgan fingerprint density at radius 1 is 1.39 bits per heavy atom. The number of fused-ring (bicyclic) bond motifs is 1. The molecule has 1 N–H and O–H groups in total. The minimum absolute atomic E-state index is 0.519. The number of H-pyrrole nitrogens is 1. The monoisotopic (exact) mass is 245 g/mol. The van der Waals surface area contributed by atoms with E-state index >= 15 is 0 Å². The maximum absolute atomic E-state index is 4.40. The van der Waals surface area contributed by atoms with E-state index in [9.17, 15) is 0 Å². The third-order valence-electron chi connectivity index (χ3n) is 3.52. The first kappa shape index (κ1) is 11.6. The van der Waals surface area contributed by atoms with Crippen LogP contribution < -0.4 is 0 Å². The van der Waals surface area contributed by atoms with Gasteiger partial charge in [0.2, 0.25) is 0 Å². The molecule has 2 aromatic rings. The topological polar surface area (TPSA) is 57.7 Å². The van der Waals surface area contributed by atoms with Crippen molar-refractivity contribution in [3.05, 3.63) is 18.1 Å². The molecule has 3 rings (SSSR count). The average Bonchev–Trinajstić information content (AvgIpc) is 2.94. The maximum atomic E-state index is 4.40. The van der Waals surface area contributed by atoms with Crippen LogP contribution in [0, 0.1) is 5.92 Å². The molecule has 0 radical (unpaired) electrons. The molecule has 1 atom stereocenters. The van der Waals surface area contributed by atoms with E-state index in [2.05, 4.69) is 38.9 Å². The Morgan fingerprint density at radius 2 is 2.22 bits per heavy atom. The van der Waals surface area contributed by atoms with Crippen molar-refractivity contribution in [2.45, 2.75) is 26.2 Å². The van der Waals surface area contributed by atoms with Gasteiger partial charge in [-0.2, -0.15) is 5.10 Å². The average molecular weight is 245 g/mol. The first-order chi connectivity index (χ1) is 8.74. The maximum Gasteiger partial charge on any atom is 0.199 e. The Hall–Kier alpha value is -1.49. The fourth-order valence-electron chi connectivity index (χ4n) is 2.80. The summed E-state index contributed by atoms with van der Waals surface area (Å²) >= 11 is 0. The molecule has 0 spiro atoms. The zero-order valence-electron chi connectivity index (χ0n) is 10.9. The Labute approximate surface area is 107 Å². The summed E-state index contributed by atoms with van der Waals surface area (Å²) in [6.07, 6.45) is 4.61. The number of hydrogen-bond donors (Lipinski definition) is 1. The van der Waals surface area contributed by atoms with Gasteiger partial charge in [-0.15, -0.1) is 0 Å². The lowest BCUT2D eigenvalue weighted by Gasteiger charge is -2.17. The Bertz CT molecular complexity index is 533. The first-order valence-electron chi connectivity index (χ1n) is 6.61. The summed E-state index contributed by atoms with van der Waals surface area (Å²) in [7, 11) is 0. The van der Waals surface area contributed by atoms with Crippen LogP contribution in [0.4, 0.5) is 0 Å². The molecular weight excluding hydrogens is 226 g/mol. The van der Waals surface area contributed by atoms with Crippen molar-refractivity contribution in [3.63, 3.8) is 0 Å². The van der Waals surface area contributed by atoms with E-state index < -0.39 is 0 Å². The predicted molar refractivity (Wildman–Crippen MR) is 70.3 cm³/mol. The summed E-state index contributed by atoms with van der Waals surface area (Å²) in [5, 5.41) is 7.36. The number of likely N-dealkylation sites (tertiary alicyclic amines) is 1. The highest BCUT2D eigenvalue weighted by Crippen LogP contribution is 2.29. The van der Waals surface area contributed by atoms with Gasteiger partial charge >= 0.3 is 0 Å². The van der Waals surface area contributed by atoms with Gasteiger partial charge in [-0.1, -0.05) is 13.8 Å². The molecule has 0 amide bonds. The summed E-state index contributed by atoms with van der Waals surface area (Å²) in [5.74, 6) is 1.24. The minimum Gasteiger partial charge on any atom is -0.302 e.